The molecular formula is C19H18Cl2N2O4. The summed E-state index contributed by atoms with van der Waals surface area (Å²) < 4.78 is 10.9. The Morgan fingerprint density at radius 3 is 2.74 bits per heavy atom. The average Bonchev–Trinajstić information content (AvgIpc) is 2.59. The van der Waals surface area contributed by atoms with Crippen molar-refractivity contribution in [3.05, 3.63) is 46.4 Å². The molecule has 27 heavy (non-hydrogen) atoms. The summed E-state index contributed by atoms with van der Waals surface area (Å²) in [5.74, 6) is 0.352. The normalized spacial score (nSPS) is 13.2. The van der Waals surface area contributed by atoms with Crippen molar-refractivity contribution in [2.75, 3.05) is 23.4 Å². The van der Waals surface area contributed by atoms with E-state index in [1.54, 1.807) is 36.4 Å². The summed E-state index contributed by atoms with van der Waals surface area (Å²) >= 11 is 12.2. The third-order valence-electron chi connectivity index (χ3n) is 3.74. The number of ether oxygens (including phenoxy) is 2. The van der Waals surface area contributed by atoms with Gasteiger partial charge in [0.2, 0.25) is 5.91 Å². The van der Waals surface area contributed by atoms with E-state index in [4.69, 9.17) is 32.7 Å². The van der Waals surface area contributed by atoms with Gasteiger partial charge in [0.05, 0.1) is 16.8 Å². The number of hydrogen-bond acceptors (Lipinski definition) is 4. The number of anilines is 2. The van der Waals surface area contributed by atoms with Gasteiger partial charge in [0, 0.05) is 10.7 Å². The maximum absolute atomic E-state index is 12.4. The molecule has 2 aromatic carbocycles. The van der Waals surface area contributed by atoms with Crippen LogP contribution in [0.1, 0.15) is 13.8 Å². The molecule has 0 saturated heterocycles. The number of fused-ring (bicyclic) bond motifs is 1. The second kappa shape index (κ2) is 8.06. The van der Waals surface area contributed by atoms with E-state index < -0.39 is 0 Å². The Morgan fingerprint density at radius 1 is 1.26 bits per heavy atom. The zero-order chi connectivity index (χ0) is 19.6. The first-order chi connectivity index (χ1) is 12.8. The van der Waals surface area contributed by atoms with Crippen LogP contribution in [0, 0.1) is 0 Å². The SMILES string of the molecule is CC(C)Oc1ccc(NC(=O)CN2C(=O)COc3ccc(Cl)cc32)cc1Cl. The van der Waals surface area contributed by atoms with Crippen LogP contribution in [0.25, 0.3) is 0 Å². The lowest BCUT2D eigenvalue weighted by Gasteiger charge is -2.29. The number of nitrogens with one attached hydrogen (secondary N) is 1. The van der Waals surface area contributed by atoms with Gasteiger partial charge in [-0.25, -0.2) is 0 Å². The van der Waals surface area contributed by atoms with Crippen molar-refractivity contribution in [1.82, 2.24) is 0 Å². The van der Waals surface area contributed by atoms with Crippen molar-refractivity contribution in [3.8, 4) is 11.5 Å². The Balaban J connectivity index is 1.72. The smallest absolute Gasteiger partial charge is 0.265 e. The molecule has 0 saturated carbocycles. The molecule has 1 heterocycles. The van der Waals surface area contributed by atoms with Crippen LogP contribution in [0.15, 0.2) is 36.4 Å². The van der Waals surface area contributed by atoms with E-state index in [-0.39, 0.29) is 31.1 Å². The van der Waals surface area contributed by atoms with Crippen molar-refractivity contribution in [3.63, 3.8) is 0 Å². The maximum atomic E-state index is 12.4. The molecule has 0 spiro atoms. The molecule has 0 atom stereocenters. The number of benzene rings is 2. The molecule has 8 heteroatoms. The Bertz CT molecular complexity index is 886. The fourth-order valence-electron chi connectivity index (χ4n) is 2.62. The van der Waals surface area contributed by atoms with Gasteiger partial charge in [0.15, 0.2) is 6.61 Å². The van der Waals surface area contributed by atoms with Crippen LogP contribution in [0.3, 0.4) is 0 Å². The lowest BCUT2D eigenvalue weighted by atomic mass is 10.2. The molecule has 2 amide bonds. The fraction of sp³-hybridized carbons (Fsp3) is 0.263. The van der Waals surface area contributed by atoms with Gasteiger partial charge >= 0.3 is 0 Å². The van der Waals surface area contributed by atoms with Gasteiger partial charge in [0.25, 0.3) is 5.91 Å². The van der Waals surface area contributed by atoms with Gasteiger partial charge < -0.3 is 14.8 Å². The van der Waals surface area contributed by atoms with E-state index >= 15 is 0 Å². The summed E-state index contributed by atoms with van der Waals surface area (Å²) in [6.07, 6.45) is -0.0119. The zero-order valence-electron chi connectivity index (χ0n) is 14.8. The van der Waals surface area contributed by atoms with Gasteiger partial charge in [-0.15, -0.1) is 0 Å². The minimum absolute atomic E-state index is 0.0119. The highest BCUT2D eigenvalue weighted by Gasteiger charge is 2.27. The molecule has 2 aromatic rings. The topological polar surface area (TPSA) is 67.9 Å². The third-order valence-corrected chi connectivity index (χ3v) is 4.27. The third kappa shape index (κ3) is 4.64. The van der Waals surface area contributed by atoms with Crippen molar-refractivity contribution in [2.45, 2.75) is 20.0 Å². The van der Waals surface area contributed by atoms with Crippen LogP contribution in [0.2, 0.25) is 10.0 Å². The Hall–Kier alpha value is -2.44. The molecule has 0 bridgehead atoms. The molecule has 3 rings (SSSR count). The maximum Gasteiger partial charge on any atom is 0.265 e. The molecule has 0 aliphatic carbocycles. The molecule has 0 radical (unpaired) electrons. The second-order valence-electron chi connectivity index (χ2n) is 6.24. The predicted molar refractivity (Wildman–Crippen MR) is 105 cm³/mol. The Labute approximate surface area is 167 Å². The van der Waals surface area contributed by atoms with Crippen LogP contribution in [-0.4, -0.2) is 31.1 Å². The molecule has 1 N–H and O–H groups in total. The summed E-state index contributed by atoms with van der Waals surface area (Å²) in [6, 6.07) is 9.90. The van der Waals surface area contributed by atoms with E-state index in [1.807, 2.05) is 13.8 Å². The number of halogens is 2. The van der Waals surface area contributed by atoms with E-state index in [0.717, 1.165) is 0 Å². The van der Waals surface area contributed by atoms with Crippen LogP contribution in [-0.2, 0) is 9.59 Å². The second-order valence-corrected chi connectivity index (χ2v) is 7.08. The van der Waals surface area contributed by atoms with Gasteiger partial charge in [-0.1, -0.05) is 23.2 Å². The van der Waals surface area contributed by atoms with Crippen molar-refractivity contribution in [2.24, 2.45) is 0 Å². The van der Waals surface area contributed by atoms with E-state index in [0.29, 0.717) is 32.9 Å². The van der Waals surface area contributed by atoms with Gasteiger partial charge in [-0.3, -0.25) is 14.5 Å². The average molecular weight is 409 g/mol. The number of rotatable bonds is 5. The van der Waals surface area contributed by atoms with Crippen LogP contribution in [0.4, 0.5) is 11.4 Å². The van der Waals surface area contributed by atoms with Gasteiger partial charge in [-0.05, 0) is 50.2 Å². The van der Waals surface area contributed by atoms with E-state index in [9.17, 15) is 9.59 Å². The summed E-state index contributed by atoms with van der Waals surface area (Å²) in [4.78, 5) is 26.0. The van der Waals surface area contributed by atoms with Crippen LogP contribution < -0.4 is 19.7 Å². The number of nitrogens with zero attached hydrogens (tertiary/aromatic N) is 1. The van der Waals surface area contributed by atoms with Gasteiger partial charge in [0.1, 0.15) is 18.0 Å². The minimum Gasteiger partial charge on any atom is -0.489 e. The molecule has 0 unspecified atom stereocenters. The summed E-state index contributed by atoms with van der Waals surface area (Å²) in [5, 5.41) is 3.57. The minimum atomic E-state index is -0.371. The van der Waals surface area contributed by atoms with Crippen LogP contribution >= 0.6 is 23.2 Å². The quantitative estimate of drug-likeness (QED) is 0.806. The summed E-state index contributed by atoms with van der Waals surface area (Å²) in [5.41, 5.74) is 0.973. The first-order valence-electron chi connectivity index (χ1n) is 8.32. The van der Waals surface area contributed by atoms with Crippen LogP contribution in [0.5, 0.6) is 11.5 Å². The molecule has 1 aliphatic rings. The predicted octanol–water partition coefficient (Wildman–Crippen LogP) is 4.14. The number of amides is 2. The van der Waals surface area contributed by atoms with Crippen molar-refractivity contribution in [1.29, 1.82) is 0 Å². The molecule has 142 valence electrons. The van der Waals surface area contributed by atoms with E-state index in [2.05, 4.69) is 5.32 Å². The van der Waals surface area contributed by atoms with Gasteiger partial charge in [-0.2, -0.15) is 0 Å². The molecular weight excluding hydrogens is 391 g/mol. The highest BCUT2D eigenvalue weighted by Crippen LogP contribution is 2.34. The number of carbonyl (C=O) groups is 2. The fourth-order valence-corrected chi connectivity index (χ4v) is 3.01. The van der Waals surface area contributed by atoms with Crippen molar-refractivity contribution < 1.29 is 19.1 Å². The molecule has 6 nitrogen and oxygen atoms in total. The lowest BCUT2D eigenvalue weighted by Crippen LogP contribution is -2.43. The monoisotopic (exact) mass is 408 g/mol. The zero-order valence-corrected chi connectivity index (χ0v) is 16.3. The molecule has 0 fully saturated rings. The van der Waals surface area contributed by atoms with Crippen molar-refractivity contribution >= 4 is 46.4 Å². The first kappa shape index (κ1) is 19.3. The first-order valence-corrected chi connectivity index (χ1v) is 9.08. The Kier molecular flexibility index (Phi) is 5.77. The lowest BCUT2D eigenvalue weighted by molar-refractivity contribution is -0.123. The summed E-state index contributed by atoms with van der Waals surface area (Å²) in [7, 11) is 0. The molecule has 1 aliphatic heterocycles. The highest BCUT2D eigenvalue weighted by molar-refractivity contribution is 6.32. The number of carbonyl (C=O) groups excluding carboxylic acids is 2. The van der Waals surface area contributed by atoms with E-state index in [1.165, 1.54) is 4.90 Å². The summed E-state index contributed by atoms with van der Waals surface area (Å²) in [6.45, 7) is 3.50. The highest BCUT2D eigenvalue weighted by atomic mass is 35.5. The number of hydrogen-bond donors (Lipinski definition) is 1. The molecule has 0 aromatic heterocycles. The standard InChI is InChI=1S/C19H18Cl2N2O4/c1-11(2)27-16-6-4-13(8-14(16)21)22-18(24)9-23-15-7-12(20)3-5-17(15)26-10-19(23)25/h3-8,11H,9-10H2,1-2H3,(H,22,24). The largest absolute Gasteiger partial charge is 0.489 e. The Morgan fingerprint density at radius 2 is 2.04 bits per heavy atom.